The van der Waals surface area contributed by atoms with Crippen LogP contribution < -0.4 is 10.6 Å². The van der Waals surface area contributed by atoms with E-state index < -0.39 is 0 Å². The normalized spacial score (nSPS) is 12.7. The Morgan fingerprint density at radius 1 is 1.22 bits per heavy atom. The highest BCUT2D eigenvalue weighted by atomic mass is 127. The molecular weight excluding hydrogens is 399 g/mol. The summed E-state index contributed by atoms with van der Waals surface area (Å²) in [6.45, 7) is 12.2. The Balaban J connectivity index is 0.00000484. The van der Waals surface area contributed by atoms with E-state index >= 15 is 0 Å². The fraction of sp³-hybridized carbons (Fsp3) is 0.611. The molecule has 0 heterocycles. The number of rotatable bonds is 8. The van der Waals surface area contributed by atoms with Gasteiger partial charge in [0.2, 0.25) is 0 Å². The van der Waals surface area contributed by atoms with Gasteiger partial charge in [-0.15, -0.1) is 24.0 Å². The molecular formula is C18H33IN4. The minimum Gasteiger partial charge on any atom is -0.357 e. The van der Waals surface area contributed by atoms with Gasteiger partial charge in [0.15, 0.2) is 5.96 Å². The lowest BCUT2D eigenvalue weighted by molar-refractivity contribution is 0.345. The fourth-order valence-corrected chi connectivity index (χ4v) is 2.08. The third-order valence-electron chi connectivity index (χ3n) is 3.74. The van der Waals surface area contributed by atoms with Gasteiger partial charge < -0.3 is 15.5 Å². The van der Waals surface area contributed by atoms with Gasteiger partial charge in [0.05, 0.1) is 6.54 Å². The minimum absolute atomic E-state index is 0. The van der Waals surface area contributed by atoms with Crippen LogP contribution >= 0.6 is 24.0 Å². The zero-order valence-corrected chi connectivity index (χ0v) is 17.6. The molecule has 0 saturated carbocycles. The van der Waals surface area contributed by atoms with E-state index in [2.05, 4.69) is 74.5 Å². The lowest BCUT2D eigenvalue weighted by atomic mass is 10.1. The average molecular weight is 432 g/mol. The molecule has 132 valence electrons. The van der Waals surface area contributed by atoms with Gasteiger partial charge in [-0.2, -0.15) is 0 Å². The molecule has 1 rings (SSSR count). The molecule has 1 unspecified atom stereocenters. The second kappa shape index (κ2) is 12.6. The molecule has 1 aromatic rings. The van der Waals surface area contributed by atoms with E-state index in [0.29, 0.717) is 12.6 Å². The summed E-state index contributed by atoms with van der Waals surface area (Å²) in [5, 5.41) is 6.73. The largest absolute Gasteiger partial charge is 0.357 e. The van der Waals surface area contributed by atoms with E-state index in [1.807, 2.05) is 0 Å². The number of aliphatic imine (C=N–C) groups is 1. The zero-order valence-electron chi connectivity index (χ0n) is 15.2. The Morgan fingerprint density at radius 2 is 1.91 bits per heavy atom. The first-order valence-corrected chi connectivity index (χ1v) is 8.40. The number of nitrogens with zero attached hydrogens (tertiary/aromatic N) is 2. The van der Waals surface area contributed by atoms with Crippen molar-refractivity contribution < 1.29 is 0 Å². The summed E-state index contributed by atoms with van der Waals surface area (Å²) >= 11 is 0. The Labute approximate surface area is 159 Å². The lowest BCUT2D eigenvalue weighted by Gasteiger charge is -2.16. The number of hydrogen-bond donors (Lipinski definition) is 2. The molecule has 0 aliphatic rings. The molecule has 5 heteroatoms. The van der Waals surface area contributed by atoms with Crippen LogP contribution in [0.1, 0.15) is 45.2 Å². The van der Waals surface area contributed by atoms with Gasteiger partial charge in [-0.25, -0.2) is 4.99 Å². The van der Waals surface area contributed by atoms with E-state index in [4.69, 9.17) is 4.99 Å². The first-order chi connectivity index (χ1) is 10.6. The third kappa shape index (κ3) is 9.15. The maximum atomic E-state index is 4.69. The van der Waals surface area contributed by atoms with Gasteiger partial charge in [0.1, 0.15) is 0 Å². The first-order valence-electron chi connectivity index (χ1n) is 8.40. The minimum atomic E-state index is 0. The monoisotopic (exact) mass is 432 g/mol. The SMILES string of the molecule is CCNC(=NCc1cccc(CN(C)CC)c1)NC(C)CC.I. The summed E-state index contributed by atoms with van der Waals surface area (Å²) in [5.74, 6) is 0.896. The summed E-state index contributed by atoms with van der Waals surface area (Å²) in [6, 6.07) is 9.14. The highest BCUT2D eigenvalue weighted by Crippen LogP contribution is 2.08. The Bertz CT molecular complexity index is 462. The van der Waals surface area contributed by atoms with Crippen molar-refractivity contribution in [1.82, 2.24) is 15.5 Å². The van der Waals surface area contributed by atoms with Crippen molar-refractivity contribution in [2.24, 2.45) is 4.99 Å². The smallest absolute Gasteiger partial charge is 0.191 e. The summed E-state index contributed by atoms with van der Waals surface area (Å²) < 4.78 is 0. The van der Waals surface area contributed by atoms with Crippen molar-refractivity contribution in [2.45, 2.75) is 53.2 Å². The molecule has 0 aromatic heterocycles. The highest BCUT2D eigenvalue weighted by Gasteiger charge is 2.03. The summed E-state index contributed by atoms with van der Waals surface area (Å²) in [5.41, 5.74) is 2.60. The summed E-state index contributed by atoms with van der Waals surface area (Å²) in [7, 11) is 2.14. The van der Waals surface area contributed by atoms with E-state index in [1.54, 1.807) is 0 Å². The molecule has 0 radical (unpaired) electrons. The van der Waals surface area contributed by atoms with E-state index in [1.165, 1.54) is 11.1 Å². The molecule has 0 saturated heterocycles. The molecule has 4 nitrogen and oxygen atoms in total. The molecule has 1 aromatic carbocycles. The highest BCUT2D eigenvalue weighted by molar-refractivity contribution is 14.0. The Hall–Kier alpha value is -0.820. The van der Waals surface area contributed by atoms with Crippen LogP contribution in [0, 0.1) is 0 Å². The van der Waals surface area contributed by atoms with Crippen LogP contribution in [0.25, 0.3) is 0 Å². The molecule has 2 N–H and O–H groups in total. The van der Waals surface area contributed by atoms with Crippen LogP contribution in [0.3, 0.4) is 0 Å². The number of hydrogen-bond acceptors (Lipinski definition) is 2. The number of nitrogens with one attached hydrogen (secondary N) is 2. The van der Waals surface area contributed by atoms with Gasteiger partial charge in [-0.05, 0) is 45.0 Å². The van der Waals surface area contributed by atoms with Crippen LogP contribution in [-0.4, -0.2) is 37.0 Å². The predicted molar refractivity (Wildman–Crippen MR) is 112 cm³/mol. The van der Waals surface area contributed by atoms with Gasteiger partial charge in [0.25, 0.3) is 0 Å². The van der Waals surface area contributed by atoms with Gasteiger partial charge in [-0.3, -0.25) is 0 Å². The van der Waals surface area contributed by atoms with Crippen LogP contribution in [0.5, 0.6) is 0 Å². The van der Waals surface area contributed by atoms with Crippen molar-refractivity contribution in [3.05, 3.63) is 35.4 Å². The number of guanidine groups is 1. The van der Waals surface area contributed by atoms with Gasteiger partial charge in [-0.1, -0.05) is 38.1 Å². The fourth-order valence-electron chi connectivity index (χ4n) is 2.08. The first kappa shape index (κ1) is 22.2. The van der Waals surface area contributed by atoms with Gasteiger partial charge in [0, 0.05) is 19.1 Å². The topological polar surface area (TPSA) is 39.7 Å². The van der Waals surface area contributed by atoms with E-state index in [9.17, 15) is 0 Å². The lowest BCUT2D eigenvalue weighted by Crippen LogP contribution is -2.41. The number of benzene rings is 1. The average Bonchev–Trinajstić information content (AvgIpc) is 2.53. The van der Waals surface area contributed by atoms with Crippen LogP contribution in [0.15, 0.2) is 29.3 Å². The number of halogens is 1. The van der Waals surface area contributed by atoms with Crippen molar-refractivity contribution in [3.63, 3.8) is 0 Å². The maximum Gasteiger partial charge on any atom is 0.191 e. The standard InChI is InChI=1S/C18H32N4.HI/c1-6-15(4)21-18(19-7-2)20-13-16-10-9-11-17(12-16)14-22(5)8-3;/h9-12,15H,6-8,13-14H2,1-5H3,(H2,19,20,21);1H. The quantitative estimate of drug-likeness (QED) is 0.375. The van der Waals surface area contributed by atoms with Gasteiger partial charge >= 0.3 is 0 Å². The molecule has 1 atom stereocenters. The molecule has 0 spiro atoms. The van der Waals surface area contributed by atoms with E-state index in [-0.39, 0.29) is 24.0 Å². The molecule has 0 amide bonds. The van der Waals surface area contributed by atoms with Crippen molar-refractivity contribution in [3.8, 4) is 0 Å². The molecule has 0 bridgehead atoms. The summed E-state index contributed by atoms with van der Waals surface area (Å²) in [6.07, 6.45) is 1.09. The summed E-state index contributed by atoms with van der Waals surface area (Å²) in [4.78, 5) is 7.00. The molecule has 23 heavy (non-hydrogen) atoms. The van der Waals surface area contributed by atoms with Crippen molar-refractivity contribution in [1.29, 1.82) is 0 Å². The molecule has 0 aliphatic carbocycles. The van der Waals surface area contributed by atoms with Crippen LogP contribution in [-0.2, 0) is 13.1 Å². The molecule has 0 aliphatic heterocycles. The predicted octanol–water partition coefficient (Wildman–Crippen LogP) is 3.61. The van der Waals surface area contributed by atoms with Crippen molar-refractivity contribution in [2.75, 3.05) is 20.1 Å². The van der Waals surface area contributed by atoms with Crippen LogP contribution in [0.4, 0.5) is 0 Å². The maximum absolute atomic E-state index is 4.69. The zero-order chi connectivity index (χ0) is 16.4. The second-order valence-corrected chi connectivity index (χ2v) is 5.80. The third-order valence-corrected chi connectivity index (χ3v) is 3.74. The Kier molecular flexibility index (Phi) is 12.1. The van der Waals surface area contributed by atoms with E-state index in [0.717, 1.165) is 32.0 Å². The molecule has 0 fully saturated rings. The van der Waals surface area contributed by atoms with Crippen LogP contribution in [0.2, 0.25) is 0 Å². The Morgan fingerprint density at radius 3 is 2.52 bits per heavy atom. The second-order valence-electron chi connectivity index (χ2n) is 5.80. The van der Waals surface area contributed by atoms with Crippen molar-refractivity contribution >= 4 is 29.9 Å².